The Morgan fingerprint density at radius 2 is 1.80 bits per heavy atom. The van der Waals surface area contributed by atoms with Crippen LogP contribution in [0.5, 0.6) is 0 Å². The number of nitrogens with zero attached hydrogens (tertiary/aromatic N) is 2. The molecule has 0 spiro atoms. The SMILES string of the molecule is CNC(=O)c1ccccc1Nc1cc(Nc2cn[nH]c2C(C)C)ncc1C(F)(F)F. The number of aromatic amines is 1. The Bertz CT molecular complexity index is 1050. The number of carbonyl (C=O) groups excluding carboxylic acids is 1. The number of nitrogens with one attached hydrogen (secondary N) is 4. The maximum atomic E-state index is 13.6. The topological polar surface area (TPSA) is 94.7 Å². The van der Waals surface area contributed by atoms with E-state index in [0.717, 1.165) is 11.9 Å². The highest BCUT2D eigenvalue weighted by molar-refractivity contribution is 6.00. The van der Waals surface area contributed by atoms with Crippen LogP contribution in [-0.4, -0.2) is 28.1 Å². The minimum Gasteiger partial charge on any atom is -0.355 e. The molecule has 3 aromatic rings. The summed E-state index contributed by atoms with van der Waals surface area (Å²) in [6, 6.07) is 7.57. The van der Waals surface area contributed by atoms with Gasteiger partial charge in [0.15, 0.2) is 0 Å². The summed E-state index contributed by atoms with van der Waals surface area (Å²) in [6.07, 6.45) is -2.33. The number of alkyl halides is 3. The summed E-state index contributed by atoms with van der Waals surface area (Å²) >= 11 is 0. The summed E-state index contributed by atoms with van der Waals surface area (Å²) < 4.78 is 40.7. The third-order valence-corrected chi connectivity index (χ3v) is 4.39. The fraction of sp³-hybridized carbons (Fsp3) is 0.250. The van der Waals surface area contributed by atoms with Gasteiger partial charge in [-0.25, -0.2) is 4.98 Å². The van der Waals surface area contributed by atoms with E-state index >= 15 is 0 Å². The Morgan fingerprint density at radius 1 is 1.07 bits per heavy atom. The molecule has 0 radical (unpaired) electrons. The van der Waals surface area contributed by atoms with E-state index in [-0.39, 0.29) is 28.7 Å². The average Bonchev–Trinajstić information content (AvgIpc) is 3.15. The second-order valence-corrected chi connectivity index (χ2v) is 6.84. The third kappa shape index (κ3) is 4.53. The van der Waals surface area contributed by atoms with Gasteiger partial charge >= 0.3 is 6.18 Å². The summed E-state index contributed by atoms with van der Waals surface area (Å²) in [4.78, 5) is 16.0. The zero-order chi connectivity index (χ0) is 21.9. The number of aromatic nitrogens is 3. The summed E-state index contributed by atoms with van der Waals surface area (Å²) in [5.74, 6) is -0.0910. The Hall–Kier alpha value is -3.56. The lowest BCUT2D eigenvalue weighted by molar-refractivity contribution is -0.137. The molecular weight excluding hydrogens is 397 g/mol. The lowest BCUT2D eigenvalue weighted by Crippen LogP contribution is -2.19. The van der Waals surface area contributed by atoms with Crippen LogP contribution >= 0.6 is 0 Å². The molecule has 0 fully saturated rings. The van der Waals surface area contributed by atoms with Crippen molar-refractivity contribution in [3.05, 3.63) is 59.5 Å². The van der Waals surface area contributed by atoms with E-state index in [1.165, 1.54) is 25.2 Å². The number of hydrogen-bond donors (Lipinski definition) is 4. The molecule has 0 saturated heterocycles. The molecule has 1 aromatic carbocycles. The van der Waals surface area contributed by atoms with Gasteiger partial charge in [-0.2, -0.15) is 18.3 Å². The van der Waals surface area contributed by atoms with Crippen molar-refractivity contribution in [2.45, 2.75) is 25.9 Å². The number of carbonyl (C=O) groups is 1. The van der Waals surface area contributed by atoms with E-state index < -0.39 is 17.6 Å². The van der Waals surface area contributed by atoms with Crippen LogP contribution in [0.1, 0.15) is 41.4 Å². The number of H-pyrrole nitrogens is 1. The average molecular weight is 418 g/mol. The number of benzene rings is 1. The Kier molecular flexibility index (Phi) is 5.95. The molecule has 2 heterocycles. The van der Waals surface area contributed by atoms with Crippen molar-refractivity contribution in [1.29, 1.82) is 0 Å². The van der Waals surface area contributed by atoms with Gasteiger partial charge in [0.05, 0.1) is 40.1 Å². The van der Waals surface area contributed by atoms with E-state index in [1.807, 2.05) is 13.8 Å². The van der Waals surface area contributed by atoms with E-state index in [4.69, 9.17) is 0 Å². The van der Waals surface area contributed by atoms with Crippen LogP contribution in [0.3, 0.4) is 0 Å². The van der Waals surface area contributed by atoms with Crippen LogP contribution in [0.15, 0.2) is 42.7 Å². The molecule has 0 aliphatic carbocycles. The molecule has 0 saturated carbocycles. The summed E-state index contributed by atoms with van der Waals surface area (Å²) in [6.45, 7) is 3.92. The molecule has 2 aromatic heterocycles. The van der Waals surface area contributed by atoms with Crippen molar-refractivity contribution in [3.8, 4) is 0 Å². The first kappa shape index (κ1) is 21.2. The molecule has 10 heteroatoms. The molecule has 0 bridgehead atoms. The van der Waals surface area contributed by atoms with Crippen LogP contribution in [0.2, 0.25) is 0 Å². The van der Waals surface area contributed by atoms with Crippen LogP contribution in [0.4, 0.5) is 36.1 Å². The zero-order valence-electron chi connectivity index (χ0n) is 16.6. The minimum atomic E-state index is -4.63. The first-order valence-corrected chi connectivity index (χ1v) is 9.16. The molecular formula is C20H21F3N6O. The number of pyridine rings is 1. The first-order valence-electron chi connectivity index (χ1n) is 9.16. The van der Waals surface area contributed by atoms with E-state index in [9.17, 15) is 18.0 Å². The summed E-state index contributed by atoms with van der Waals surface area (Å²) in [5.41, 5.74) is 0.703. The molecule has 3 rings (SSSR count). The zero-order valence-corrected chi connectivity index (χ0v) is 16.6. The number of rotatable bonds is 6. The first-order chi connectivity index (χ1) is 14.2. The molecule has 0 aliphatic rings. The second kappa shape index (κ2) is 8.44. The van der Waals surface area contributed by atoms with Crippen molar-refractivity contribution >= 4 is 28.8 Å². The quantitative estimate of drug-likeness (QED) is 0.462. The summed E-state index contributed by atoms with van der Waals surface area (Å²) in [5, 5.41) is 15.0. The van der Waals surface area contributed by atoms with Gasteiger partial charge in [0.2, 0.25) is 0 Å². The van der Waals surface area contributed by atoms with Gasteiger partial charge < -0.3 is 16.0 Å². The van der Waals surface area contributed by atoms with Gasteiger partial charge in [0.25, 0.3) is 5.91 Å². The van der Waals surface area contributed by atoms with Crippen molar-refractivity contribution in [2.75, 3.05) is 17.7 Å². The molecule has 158 valence electrons. The molecule has 4 N–H and O–H groups in total. The van der Waals surface area contributed by atoms with Crippen molar-refractivity contribution in [1.82, 2.24) is 20.5 Å². The molecule has 0 atom stereocenters. The number of halogens is 3. The number of para-hydroxylation sites is 1. The smallest absolute Gasteiger partial charge is 0.355 e. The lowest BCUT2D eigenvalue weighted by Gasteiger charge is -2.17. The van der Waals surface area contributed by atoms with Gasteiger partial charge in [0, 0.05) is 19.3 Å². The van der Waals surface area contributed by atoms with E-state index in [2.05, 4.69) is 31.1 Å². The van der Waals surface area contributed by atoms with Crippen LogP contribution in [-0.2, 0) is 6.18 Å². The predicted molar refractivity (Wildman–Crippen MR) is 108 cm³/mol. The molecule has 1 amide bonds. The van der Waals surface area contributed by atoms with Crippen molar-refractivity contribution in [2.24, 2.45) is 0 Å². The van der Waals surface area contributed by atoms with Crippen LogP contribution < -0.4 is 16.0 Å². The van der Waals surface area contributed by atoms with Gasteiger partial charge in [-0.15, -0.1) is 0 Å². The monoisotopic (exact) mass is 418 g/mol. The van der Waals surface area contributed by atoms with Crippen LogP contribution in [0.25, 0.3) is 0 Å². The maximum absolute atomic E-state index is 13.6. The highest BCUT2D eigenvalue weighted by atomic mass is 19.4. The highest BCUT2D eigenvalue weighted by Crippen LogP contribution is 2.38. The second-order valence-electron chi connectivity index (χ2n) is 6.84. The molecule has 7 nitrogen and oxygen atoms in total. The van der Waals surface area contributed by atoms with Crippen LogP contribution in [0, 0.1) is 0 Å². The normalized spacial score (nSPS) is 11.4. The van der Waals surface area contributed by atoms with Crippen molar-refractivity contribution in [3.63, 3.8) is 0 Å². The highest BCUT2D eigenvalue weighted by Gasteiger charge is 2.34. The molecule has 30 heavy (non-hydrogen) atoms. The van der Waals surface area contributed by atoms with Gasteiger partial charge in [-0.3, -0.25) is 9.89 Å². The minimum absolute atomic E-state index is 0.126. The van der Waals surface area contributed by atoms with Crippen molar-refractivity contribution < 1.29 is 18.0 Å². The number of hydrogen-bond acceptors (Lipinski definition) is 5. The number of amides is 1. The fourth-order valence-corrected chi connectivity index (χ4v) is 2.90. The predicted octanol–water partition coefficient (Wildman–Crippen LogP) is 4.79. The Labute approximate surface area is 171 Å². The Morgan fingerprint density at radius 3 is 2.47 bits per heavy atom. The van der Waals surface area contributed by atoms with E-state index in [1.54, 1.807) is 18.3 Å². The fourth-order valence-electron chi connectivity index (χ4n) is 2.90. The molecule has 0 unspecified atom stereocenters. The third-order valence-electron chi connectivity index (χ3n) is 4.39. The van der Waals surface area contributed by atoms with E-state index in [0.29, 0.717) is 5.69 Å². The lowest BCUT2D eigenvalue weighted by atomic mass is 10.1. The van der Waals surface area contributed by atoms with Gasteiger partial charge in [-0.1, -0.05) is 26.0 Å². The largest absolute Gasteiger partial charge is 0.419 e. The summed E-state index contributed by atoms with van der Waals surface area (Å²) in [7, 11) is 1.45. The standard InChI is InChI=1S/C20H21F3N6O/c1-11(2)18-16(10-26-29-18)28-17-8-15(13(9-25-17)20(21,22)23)27-14-7-5-4-6-12(14)19(30)24-3/h4-11H,1-3H3,(H,24,30)(H,26,29)(H2,25,27,28). The Balaban J connectivity index is 2.01. The molecule has 0 aliphatic heterocycles. The number of anilines is 4. The van der Waals surface area contributed by atoms with Gasteiger partial charge in [-0.05, 0) is 18.1 Å². The maximum Gasteiger partial charge on any atom is 0.419 e. The van der Waals surface area contributed by atoms with Gasteiger partial charge in [0.1, 0.15) is 5.82 Å².